The van der Waals surface area contributed by atoms with Crippen LogP contribution in [0.3, 0.4) is 0 Å². The Kier molecular flexibility index (Phi) is 4.88. The maximum Gasteiger partial charge on any atom is 0.415 e. The van der Waals surface area contributed by atoms with Crippen LogP contribution in [0.15, 0.2) is 36.1 Å². The normalized spacial score (nSPS) is 15.3. The highest BCUT2D eigenvalue weighted by Crippen LogP contribution is 2.40. The first kappa shape index (κ1) is 18.9. The second-order valence-corrected chi connectivity index (χ2v) is 6.66. The number of benzene rings is 2. The standard InChI is InChI=1S/C22H21NO6/c1-4-23(5-2)22(25)29-16-9-7-15-20(24)19(28-21(15)13(16)3)11-14-6-8-17-18(10-14)27-12-26-17/h6-11H,4-5,12H2,1-3H3/b19-11+. The minimum absolute atomic E-state index is 0.185. The Hall–Kier alpha value is -3.48. The van der Waals surface area contributed by atoms with Gasteiger partial charge in [-0.25, -0.2) is 4.79 Å². The smallest absolute Gasteiger partial charge is 0.415 e. The Morgan fingerprint density at radius 2 is 1.90 bits per heavy atom. The van der Waals surface area contributed by atoms with Crippen molar-refractivity contribution in [3.8, 4) is 23.0 Å². The molecule has 0 spiro atoms. The molecule has 0 aromatic heterocycles. The molecule has 2 heterocycles. The number of carbonyl (C=O) groups is 2. The molecule has 0 N–H and O–H groups in total. The minimum atomic E-state index is -0.432. The summed E-state index contributed by atoms with van der Waals surface area (Å²) in [5.74, 6) is 2.06. The van der Waals surface area contributed by atoms with Gasteiger partial charge in [0.05, 0.1) is 5.56 Å². The summed E-state index contributed by atoms with van der Waals surface area (Å²) in [5, 5.41) is 0. The van der Waals surface area contributed by atoms with E-state index in [4.69, 9.17) is 18.9 Å². The third-order valence-electron chi connectivity index (χ3n) is 4.95. The fraction of sp³-hybridized carbons (Fsp3) is 0.273. The van der Waals surface area contributed by atoms with Crippen LogP contribution < -0.4 is 18.9 Å². The largest absolute Gasteiger partial charge is 0.454 e. The van der Waals surface area contributed by atoms with E-state index in [-0.39, 0.29) is 18.3 Å². The van der Waals surface area contributed by atoms with E-state index in [1.54, 1.807) is 42.2 Å². The Labute approximate surface area is 168 Å². The first-order chi connectivity index (χ1) is 14.0. The molecule has 1 amide bonds. The fourth-order valence-corrected chi connectivity index (χ4v) is 3.27. The number of ketones is 1. The molecule has 0 fully saturated rings. The lowest BCUT2D eigenvalue weighted by Crippen LogP contribution is -2.33. The maximum absolute atomic E-state index is 12.8. The molecular weight excluding hydrogens is 374 g/mol. The Morgan fingerprint density at radius 1 is 1.14 bits per heavy atom. The molecular formula is C22H21NO6. The zero-order valence-corrected chi connectivity index (χ0v) is 16.5. The summed E-state index contributed by atoms with van der Waals surface area (Å²) in [6.45, 7) is 6.82. The van der Waals surface area contributed by atoms with Crippen LogP contribution in [0.5, 0.6) is 23.0 Å². The van der Waals surface area contributed by atoms with E-state index in [0.717, 1.165) is 5.56 Å². The molecule has 150 valence electrons. The first-order valence-electron chi connectivity index (χ1n) is 9.46. The van der Waals surface area contributed by atoms with E-state index >= 15 is 0 Å². The lowest BCUT2D eigenvalue weighted by Gasteiger charge is -2.19. The van der Waals surface area contributed by atoms with Gasteiger partial charge in [-0.1, -0.05) is 6.07 Å². The van der Waals surface area contributed by atoms with Crippen LogP contribution >= 0.6 is 0 Å². The molecule has 0 atom stereocenters. The molecule has 0 radical (unpaired) electrons. The minimum Gasteiger partial charge on any atom is -0.454 e. The molecule has 0 saturated heterocycles. The summed E-state index contributed by atoms with van der Waals surface area (Å²) >= 11 is 0. The van der Waals surface area contributed by atoms with Crippen molar-refractivity contribution in [1.29, 1.82) is 0 Å². The summed E-state index contributed by atoms with van der Waals surface area (Å²) in [6, 6.07) is 8.65. The number of hydrogen-bond donors (Lipinski definition) is 0. The second-order valence-electron chi connectivity index (χ2n) is 6.66. The van der Waals surface area contributed by atoms with Crippen molar-refractivity contribution >= 4 is 18.0 Å². The van der Waals surface area contributed by atoms with Crippen molar-refractivity contribution in [1.82, 2.24) is 4.90 Å². The van der Waals surface area contributed by atoms with Gasteiger partial charge in [0.2, 0.25) is 12.6 Å². The molecule has 29 heavy (non-hydrogen) atoms. The number of ether oxygens (including phenoxy) is 4. The van der Waals surface area contributed by atoms with E-state index in [9.17, 15) is 9.59 Å². The van der Waals surface area contributed by atoms with E-state index in [1.165, 1.54) is 0 Å². The molecule has 7 heteroatoms. The van der Waals surface area contributed by atoms with Crippen LogP contribution in [0.2, 0.25) is 0 Å². The van der Waals surface area contributed by atoms with Gasteiger partial charge in [0, 0.05) is 18.7 Å². The number of Topliss-reactive ketones (excluding diaryl/α,β-unsaturated/α-hetero) is 1. The van der Waals surface area contributed by atoms with Gasteiger partial charge in [0.15, 0.2) is 17.3 Å². The molecule has 4 rings (SSSR count). The van der Waals surface area contributed by atoms with Crippen molar-refractivity contribution in [2.24, 2.45) is 0 Å². The van der Waals surface area contributed by atoms with E-state index in [1.807, 2.05) is 19.9 Å². The predicted molar refractivity (Wildman–Crippen MR) is 106 cm³/mol. The highest BCUT2D eigenvalue weighted by atomic mass is 16.7. The van der Waals surface area contributed by atoms with Crippen molar-refractivity contribution in [3.63, 3.8) is 0 Å². The summed E-state index contributed by atoms with van der Waals surface area (Å²) < 4.78 is 22.0. The molecule has 0 saturated carbocycles. The van der Waals surface area contributed by atoms with Gasteiger partial charge >= 0.3 is 6.09 Å². The van der Waals surface area contributed by atoms with Crippen LogP contribution in [0.1, 0.15) is 35.3 Å². The number of fused-ring (bicyclic) bond motifs is 2. The van der Waals surface area contributed by atoms with Crippen LogP contribution in [0.25, 0.3) is 6.08 Å². The Morgan fingerprint density at radius 3 is 2.66 bits per heavy atom. The Bertz CT molecular complexity index is 1020. The Balaban J connectivity index is 1.60. The summed E-state index contributed by atoms with van der Waals surface area (Å²) in [6.07, 6.45) is 1.23. The summed E-state index contributed by atoms with van der Waals surface area (Å²) in [7, 11) is 0. The van der Waals surface area contributed by atoms with Gasteiger partial charge in [0.1, 0.15) is 11.5 Å². The number of amides is 1. The highest BCUT2D eigenvalue weighted by Gasteiger charge is 2.31. The van der Waals surface area contributed by atoms with E-state index in [0.29, 0.717) is 47.2 Å². The van der Waals surface area contributed by atoms with Gasteiger partial charge in [-0.05, 0) is 56.7 Å². The third kappa shape index (κ3) is 3.40. The topological polar surface area (TPSA) is 74.3 Å². The number of nitrogens with zero attached hydrogens (tertiary/aromatic N) is 1. The van der Waals surface area contributed by atoms with Gasteiger partial charge in [-0.2, -0.15) is 0 Å². The molecule has 0 bridgehead atoms. The molecule has 2 aromatic carbocycles. The van der Waals surface area contributed by atoms with Gasteiger partial charge in [0.25, 0.3) is 0 Å². The SMILES string of the molecule is CCN(CC)C(=O)Oc1ccc2c(c1C)O/C(=C/c1ccc3c(c1)OCO3)C2=O. The number of hydrogen-bond acceptors (Lipinski definition) is 6. The van der Waals surface area contributed by atoms with Crippen LogP contribution in [0.4, 0.5) is 4.79 Å². The van der Waals surface area contributed by atoms with E-state index in [2.05, 4.69) is 0 Å². The van der Waals surface area contributed by atoms with Gasteiger partial charge in [-0.3, -0.25) is 4.79 Å². The highest BCUT2D eigenvalue weighted by molar-refractivity contribution is 6.15. The summed E-state index contributed by atoms with van der Waals surface area (Å²) in [4.78, 5) is 26.6. The van der Waals surface area contributed by atoms with Crippen molar-refractivity contribution in [3.05, 3.63) is 52.8 Å². The van der Waals surface area contributed by atoms with Crippen molar-refractivity contribution in [2.75, 3.05) is 19.9 Å². The summed E-state index contributed by atoms with van der Waals surface area (Å²) in [5.41, 5.74) is 1.80. The molecule has 7 nitrogen and oxygen atoms in total. The van der Waals surface area contributed by atoms with E-state index < -0.39 is 6.09 Å². The molecule has 0 unspecified atom stereocenters. The fourth-order valence-electron chi connectivity index (χ4n) is 3.27. The lowest BCUT2D eigenvalue weighted by molar-refractivity contribution is 0.101. The number of carbonyl (C=O) groups excluding carboxylic acids is 2. The average Bonchev–Trinajstić information content (AvgIpc) is 3.30. The zero-order valence-electron chi connectivity index (χ0n) is 16.5. The van der Waals surface area contributed by atoms with Gasteiger partial charge < -0.3 is 23.8 Å². The maximum atomic E-state index is 12.8. The van der Waals surface area contributed by atoms with Crippen molar-refractivity contribution in [2.45, 2.75) is 20.8 Å². The lowest BCUT2D eigenvalue weighted by atomic mass is 10.1. The van der Waals surface area contributed by atoms with Crippen LogP contribution in [-0.2, 0) is 0 Å². The zero-order chi connectivity index (χ0) is 20.5. The number of rotatable bonds is 4. The molecule has 2 aromatic rings. The van der Waals surface area contributed by atoms with Gasteiger partial charge in [-0.15, -0.1) is 0 Å². The third-order valence-corrected chi connectivity index (χ3v) is 4.95. The average molecular weight is 395 g/mol. The first-order valence-corrected chi connectivity index (χ1v) is 9.46. The number of allylic oxidation sites excluding steroid dienone is 1. The molecule has 0 aliphatic carbocycles. The molecule has 2 aliphatic rings. The van der Waals surface area contributed by atoms with Crippen LogP contribution in [0, 0.1) is 6.92 Å². The van der Waals surface area contributed by atoms with Crippen LogP contribution in [-0.4, -0.2) is 36.7 Å². The van der Waals surface area contributed by atoms with Crippen molar-refractivity contribution < 1.29 is 28.5 Å². The quantitative estimate of drug-likeness (QED) is 0.723. The monoisotopic (exact) mass is 395 g/mol. The second kappa shape index (κ2) is 7.50. The molecule has 2 aliphatic heterocycles. The predicted octanol–water partition coefficient (Wildman–Crippen LogP) is 4.18.